The van der Waals surface area contributed by atoms with Gasteiger partial charge >= 0.3 is 0 Å². The summed E-state index contributed by atoms with van der Waals surface area (Å²) in [4.78, 5) is 0. The van der Waals surface area contributed by atoms with E-state index >= 15 is 0 Å². The first-order valence-corrected chi connectivity index (χ1v) is 4.89. The Bertz CT molecular complexity index is 468. The summed E-state index contributed by atoms with van der Waals surface area (Å²) in [7, 11) is 0. The highest BCUT2D eigenvalue weighted by atomic mass is 35.5. The molecular weight excluding hydrogens is 237 g/mol. The van der Waals surface area contributed by atoms with E-state index in [0.717, 1.165) is 0 Å². The van der Waals surface area contributed by atoms with E-state index < -0.39 is 0 Å². The molecule has 0 saturated carbocycles. The quantitative estimate of drug-likeness (QED) is 0.809. The minimum absolute atomic E-state index is 0.0779. The van der Waals surface area contributed by atoms with Crippen molar-refractivity contribution in [1.82, 2.24) is 4.57 Å². The molecule has 1 heterocycles. The SMILES string of the molecule is Oc1ccc(O)n1-c1cc(Cl)cc(Cl)c1. The molecule has 3 nitrogen and oxygen atoms in total. The van der Waals surface area contributed by atoms with E-state index in [1.165, 1.54) is 16.7 Å². The molecule has 0 amide bonds. The summed E-state index contributed by atoms with van der Waals surface area (Å²) >= 11 is 11.6. The molecule has 5 heteroatoms. The van der Waals surface area contributed by atoms with E-state index in [1.807, 2.05) is 0 Å². The molecule has 1 aromatic heterocycles. The van der Waals surface area contributed by atoms with E-state index in [0.29, 0.717) is 15.7 Å². The van der Waals surface area contributed by atoms with Crippen molar-refractivity contribution in [1.29, 1.82) is 0 Å². The first kappa shape index (κ1) is 10.2. The Balaban J connectivity index is 2.63. The average molecular weight is 244 g/mol. The lowest BCUT2D eigenvalue weighted by Crippen LogP contribution is -1.92. The normalized spacial score (nSPS) is 10.5. The lowest BCUT2D eigenvalue weighted by molar-refractivity contribution is 0.402. The summed E-state index contributed by atoms with van der Waals surface area (Å²) in [6.45, 7) is 0. The number of aromatic hydroxyl groups is 2. The summed E-state index contributed by atoms with van der Waals surface area (Å²) in [6.07, 6.45) is 0. The van der Waals surface area contributed by atoms with Crippen LogP contribution in [0.15, 0.2) is 30.3 Å². The van der Waals surface area contributed by atoms with Crippen LogP contribution < -0.4 is 0 Å². The van der Waals surface area contributed by atoms with Crippen LogP contribution in [0.2, 0.25) is 10.0 Å². The standard InChI is InChI=1S/C10H7Cl2NO2/c11-6-3-7(12)5-8(4-6)13-9(14)1-2-10(13)15/h1-5,14-15H. The Labute approximate surface area is 96.1 Å². The van der Waals surface area contributed by atoms with Crippen LogP contribution in [0.5, 0.6) is 11.8 Å². The van der Waals surface area contributed by atoms with Gasteiger partial charge in [-0.3, -0.25) is 4.57 Å². The molecule has 0 unspecified atom stereocenters. The molecule has 0 aliphatic carbocycles. The number of aromatic nitrogens is 1. The summed E-state index contributed by atoms with van der Waals surface area (Å²) in [6, 6.07) is 7.51. The highest BCUT2D eigenvalue weighted by molar-refractivity contribution is 6.34. The predicted molar refractivity (Wildman–Crippen MR) is 59.1 cm³/mol. The molecule has 0 spiro atoms. The van der Waals surface area contributed by atoms with Gasteiger partial charge in [-0.2, -0.15) is 0 Å². The minimum Gasteiger partial charge on any atom is -0.494 e. The molecule has 0 aliphatic rings. The number of rotatable bonds is 1. The van der Waals surface area contributed by atoms with Crippen molar-refractivity contribution in [3.63, 3.8) is 0 Å². The number of hydrogen-bond acceptors (Lipinski definition) is 2. The van der Waals surface area contributed by atoms with Crippen molar-refractivity contribution in [3.05, 3.63) is 40.4 Å². The maximum Gasteiger partial charge on any atom is 0.198 e. The summed E-state index contributed by atoms with van der Waals surface area (Å²) < 4.78 is 1.23. The number of hydrogen-bond donors (Lipinski definition) is 2. The molecule has 2 aromatic rings. The number of benzene rings is 1. The zero-order valence-corrected chi connectivity index (χ0v) is 9.00. The Morgan fingerprint density at radius 3 is 1.80 bits per heavy atom. The zero-order chi connectivity index (χ0) is 11.0. The molecule has 0 radical (unpaired) electrons. The van der Waals surface area contributed by atoms with Crippen molar-refractivity contribution >= 4 is 23.2 Å². The van der Waals surface area contributed by atoms with Gasteiger partial charge in [-0.15, -0.1) is 0 Å². The van der Waals surface area contributed by atoms with Gasteiger partial charge in [-0.25, -0.2) is 0 Å². The fraction of sp³-hybridized carbons (Fsp3) is 0. The highest BCUT2D eigenvalue weighted by Gasteiger charge is 2.09. The molecule has 2 rings (SSSR count). The van der Waals surface area contributed by atoms with Gasteiger partial charge in [-0.1, -0.05) is 23.2 Å². The minimum atomic E-state index is -0.0779. The Morgan fingerprint density at radius 2 is 1.33 bits per heavy atom. The molecule has 1 aromatic carbocycles. The second-order valence-corrected chi connectivity index (χ2v) is 3.89. The maximum absolute atomic E-state index is 9.48. The highest BCUT2D eigenvalue weighted by Crippen LogP contribution is 2.30. The number of halogens is 2. The largest absolute Gasteiger partial charge is 0.494 e. The Morgan fingerprint density at radius 1 is 0.867 bits per heavy atom. The summed E-state index contributed by atoms with van der Waals surface area (Å²) in [5.74, 6) is -0.156. The summed E-state index contributed by atoms with van der Waals surface area (Å²) in [5, 5.41) is 19.8. The van der Waals surface area contributed by atoms with Gasteiger partial charge in [0, 0.05) is 22.2 Å². The van der Waals surface area contributed by atoms with Crippen molar-refractivity contribution < 1.29 is 10.2 Å². The van der Waals surface area contributed by atoms with Gasteiger partial charge in [0.05, 0.1) is 5.69 Å². The molecule has 0 saturated heterocycles. The van der Waals surface area contributed by atoms with E-state index in [1.54, 1.807) is 18.2 Å². The van der Waals surface area contributed by atoms with Crippen LogP contribution in [-0.2, 0) is 0 Å². The Hall–Kier alpha value is -1.32. The molecule has 2 N–H and O–H groups in total. The molecule has 0 atom stereocenters. The zero-order valence-electron chi connectivity index (χ0n) is 7.48. The average Bonchev–Trinajstić information content (AvgIpc) is 2.44. The van der Waals surface area contributed by atoms with Gasteiger partial charge in [0.25, 0.3) is 0 Å². The van der Waals surface area contributed by atoms with E-state index in [4.69, 9.17) is 23.2 Å². The molecular formula is C10H7Cl2NO2. The molecule has 15 heavy (non-hydrogen) atoms. The van der Waals surface area contributed by atoms with Gasteiger partial charge in [-0.05, 0) is 18.2 Å². The van der Waals surface area contributed by atoms with Crippen LogP contribution in [0.3, 0.4) is 0 Å². The Kier molecular flexibility index (Phi) is 2.50. The first-order chi connectivity index (χ1) is 7.08. The van der Waals surface area contributed by atoms with Crippen LogP contribution in [-0.4, -0.2) is 14.8 Å². The third kappa shape index (κ3) is 1.89. The summed E-state index contributed by atoms with van der Waals surface area (Å²) in [5.41, 5.74) is 0.507. The third-order valence-corrected chi connectivity index (χ3v) is 2.38. The first-order valence-electron chi connectivity index (χ1n) is 4.14. The van der Waals surface area contributed by atoms with E-state index in [2.05, 4.69) is 0 Å². The smallest absolute Gasteiger partial charge is 0.198 e. The monoisotopic (exact) mass is 243 g/mol. The van der Waals surface area contributed by atoms with Crippen molar-refractivity contribution in [3.8, 4) is 17.4 Å². The van der Waals surface area contributed by atoms with Gasteiger partial charge in [0.1, 0.15) is 0 Å². The predicted octanol–water partition coefficient (Wildman–Crippen LogP) is 3.20. The van der Waals surface area contributed by atoms with Crippen LogP contribution in [0.1, 0.15) is 0 Å². The van der Waals surface area contributed by atoms with Crippen molar-refractivity contribution in [2.24, 2.45) is 0 Å². The third-order valence-electron chi connectivity index (χ3n) is 1.95. The van der Waals surface area contributed by atoms with Crippen LogP contribution in [0.25, 0.3) is 5.69 Å². The van der Waals surface area contributed by atoms with Gasteiger partial charge < -0.3 is 10.2 Å². The molecule has 0 bridgehead atoms. The van der Waals surface area contributed by atoms with Crippen LogP contribution in [0.4, 0.5) is 0 Å². The second-order valence-electron chi connectivity index (χ2n) is 3.01. The maximum atomic E-state index is 9.48. The lowest BCUT2D eigenvalue weighted by Gasteiger charge is -2.07. The van der Waals surface area contributed by atoms with Crippen LogP contribution >= 0.6 is 23.2 Å². The van der Waals surface area contributed by atoms with Crippen molar-refractivity contribution in [2.45, 2.75) is 0 Å². The molecule has 0 fully saturated rings. The van der Waals surface area contributed by atoms with Gasteiger partial charge in [0.2, 0.25) is 0 Å². The fourth-order valence-electron chi connectivity index (χ4n) is 1.35. The van der Waals surface area contributed by atoms with E-state index in [9.17, 15) is 10.2 Å². The van der Waals surface area contributed by atoms with Gasteiger partial charge in [0.15, 0.2) is 11.8 Å². The topological polar surface area (TPSA) is 45.4 Å². The van der Waals surface area contributed by atoms with E-state index in [-0.39, 0.29) is 11.8 Å². The molecule has 78 valence electrons. The second kappa shape index (κ2) is 3.68. The fourth-order valence-corrected chi connectivity index (χ4v) is 1.86. The van der Waals surface area contributed by atoms with Crippen molar-refractivity contribution in [2.75, 3.05) is 0 Å². The lowest BCUT2D eigenvalue weighted by atomic mass is 10.3. The van der Waals surface area contributed by atoms with Crippen LogP contribution in [0, 0.1) is 0 Å². The molecule has 0 aliphatic heterocycles. The number of nitrogens with zero attached hydrogens (tertiary/aromatic N) is 1.